The molecule has 1 amide bonds. The molecular formula is C16H13N3O6S. The summed E-state index contributed by atoms with van der Waals surface area (Å²) in [5.41, 5.74) is 6.04. The maximum atomic E-state index is 12.6. The van der Waals surface area contributed by atoms with E-state index in [2.05, 4.69) is 0 Å². The van der Waals surface area contributed by atoms with Crippen LogP contribution in [-0.2, 0) is 19.1 Å². The number of carboxylic acids is 1. The van der Waals surface area contributed by atoms with Gasteiger partial charge in [-0.25, -0.2) is 4.79 Å². The number of carbonyl (C=O) groups excluding carboxylic acids is 2. The average molecular weight is 375 g/mol. The molecule has 3 heterocycles. The second-order valence-electron chi connectivity index (χ2n) is 5.45. The second kappa shape index (κ2) is 6.61. The largest absolute Gasteiger partial charge is 0.481 e. The number of nitrogens with zero attached hydrogens (tertiary/aromatic N) is 2. The molecule has 9 nitrogen and oxygen atoms in total. The number of ether oxygens (including phenoxy) is 1. The number of hydrogen-bond donors (Lipinski definition) is 2. The lowest BCUT2D eigenvalue weighted by atomic mass is 9.86. The normalized spacial score (nSPS) is 22.3. The molecule has 0 aromatic carbocycles. The van der Waals surface area contributed by atoms with Crippen molar-refractivity contribution in [3.05, 3.63) is 46.2 Å². The number of esters is 1. The van der Waals surface area contributed by atoms with Crippen molar-refractivity contribution in [2.75, 3.05) is 7.11 Å². The molecule has 1 aromatic heterocycles. The fraction of sp³-hybridized carbons (Fsp3) is 0.250. The molecule has 0 spiro atoms. The van der Waals surface area contributed by atoms with Crippen molar-refractivity contribution in [3.8, 4) is 6.07 Å². The van der Waals surface area contributed by atoms with Crippen molar-refractivity contribution in [2.24, 2.45) is 5.73 Å². The molecule has 1 fully saturated rings. The number of carbonyl (C=O) groups is 3. The fourth-order valence-corrected chi connectivity index (χ4v) is 4.19. The lowest BCUT2D eigenvalue weighted by Gasteiger charge is -2.30. The zero-order valence-corrected chi connectivity index (χ0v) is 14.3. The molecule has 26 heavy (non-hydrogen) atoms. The van der Waals surface area contributed by atoms with Gasteiger partial charge in [-0.2, -0.15) is 5.26 Å². The standard InChI is InChI=1S/C16H13N3O6S/c1-24-16(23)12-11(8-3-2-4-25-8)7(6-17)15-19(13(12)18)14(22)9(26-15)5-10(20)21/h2-4,9,11H,5,18H2,1H3,(H,20,21). The Morgan fingerprint density at radius 1 is 1.54 bits per heavy atom. The molecular weight excluding hydrogens is 362 g/mol. The van der Waals surface area contributed by atoms with Gasteiger partial charge in [-0.15, -0.1) is 0 Å². The first-order valence-electron chi connectivity index (χ1n) is 7.38. The predicted octanol–water partition coefficient (Wildman–Crippen LogP) is 0.874. The van der Waals surface area contributed by atoms with Crippen molar-refractivity contribution >= 4 is 29.6 Å². The van der Waals surface area contributed by atoms with Crippen LogP contribution in [0.4, 0.5) is 0 Å². The highest BCUT2D eigenvalue weighted by molar-refractivity contribution is 8.04. The zero-order valence-electron chi connectivity index (χ0n) is 13.5. The third kappa shape index (κ3) is 2.62. The lowest BCUT2D eigenvalue weighted by molar-refractivity contribution is -0.139. The first kappa shape index (κ1) is 17.6. The molecule has 3 N–H and O–H groups in total. The molecule has 0 saturated carbocycles. The molecule has 134 valence electrons. The molecule has 10 heteroatoms. The Hall–Kier alpha value is -3.19. The van der Waals surface area contributed by atoms with Crippen LogP contribution >= 0.6 is 11.8 Å². The van der Waals surface area contributed by atoms with E-state index >= 15 is 0 Å². The lowest BCUT2D eigenvalue weighted by Crippen LogP contribution is -2.39. The summed E-state index contributed by atoms with van der Waals surface area (Å²) < 4.78 is 10.1. The first-order valence-corrected chi connectivity index (χ1v) is 8.26. The van der Waals surface area contributed by atoms with E-state index in [9.17, 15) is 19.6 Å². The van der Waals surface area contributed by atoms with E-state index < -0.39 is 35.4 Å². The molecule has 0 aliphatic carbocycles. The van der Waals surface area contributed by atoms with Gasteiger partial charge in [0.25, 0.3) is 0 Å². The van der Waals surface area contributed by atoms with Crippen LogP contribution in [0, 0.1) is 11.3 Å². The molecule has 3 rings (SSSR count). The Bertz CT molecular complexity index is 896. The van der Waals surface area contributed by atoms with Gasteiger partial charge < -0.3 is 20.0 Å². The number of rotatable bonds is 4. The van der Waals surface area contributed by atoms with Crippen molar-refractivity contribution < 1.29 is 28.6 Å². The summed E-state index contributed by atoms with van der Waals surface area (Å²) in [5, 5.41) is 17.9. The van der Waals surface area contributed by atoms with Crippen molar-refractivity contribution in [1.82, 2.24) is 4.90 Å². The van der Waals surface area contributed by atoms with Crippen LogP contribution in [0.25, 0.3) is 0 Å². The van der Waals surface area contributed by atoms with Crippen molar-refractivity contribution in [2.45, 2.75) is 17.6 Å². The molecule has 2 atom stereocenters. The van der Waals surface area contributed by atoms with Gasteiger partial charge in [0.2, 0.25) is 5.91 Å². The van der Waals surface area contributed by atoms with Crippen LogP contribution in [0.3, 0.4) is 0 Å². The van der Waals surface area contributed by atoms with E-state index in [0.717, 1.165) is 23.8 Å². The van der Waals surface area contributed by atoms with Crippen LogP contribution in [0.5, 0.6) is 0 Å². The summed E-state index contributed by atoms with van der Waals surface area (Å²) >= 11 is 0.935. The van der Waals surface area contributed by atoms with E-state index in [4.69, 9.17) is 20.0 Å². The Balaban J connectivity index is 2.20. The van der Waals surface area contributed by atoms with Crippen LogP contribution in [0.15, 0.2) is 44.8 Å². The molecule has 1 saturated heterocycles. The van der Waals surface area contributed by atoms with Gasteiger partial charge in [0.15, 0.2) is 0 Å². The number of thioether (sulfide) groups is 1. The quantitative estimate of drug-likeness (QED) is 0.732. The minimum Gasteiger partial charge on any atom is -0.481 e. The molecule has 2 unspecified atom stereocenters. The number of carboxylic acid groups (broad SMARTS) is 1. The van der Waals surface area contributed by atoms with Crippen LogP contribution in [-0.4, -0.2) is 40.2 Å². The van der Waals surface area contributed by atoms with Gasteiger partial charge in [-0.3, -0.25) is 14.5 Å². The third-order valence-corrected chi connectivity index (χ3v) is 5.27. The van der Waals surface area contributed by atoms with Crippen molar-refractivity contribution in [1.29, 1.82) is 5.26 Å². The minimum absolute atomic E-state index is 0.0702. The number of nitriles is 1. The number of fused-ring (bicyclic) bond motifs is 1. The summed E-state index contributed by atoms with van der Waals surface area (Å²) in [4.78, 5) is 37.0. The van der Waals surface area contributed by atoms with Gasteiger partial charge in [0.1, 0.15) is 16.8 Å². The Labute approximate surface area is 151 Å². The van der Waals surface area contributed by atoms with Gasteiger partial charge in [0, 0.05) is 0 Å². The number of nitrogens with two attached hydrogens (primary N) is 1. The predicted molar refractivity (Wildman–Crippen MR) is 87.8 cm³/mol. The minimum atomic E-state index is -1.16. The Morgan fingerprint density at radius 3 is 2.81 bits per heavy atom. The maximum absolute atomic E-state index is 12.6. The smallest absolute Gasteiger partial charge is 0.338 e. The van der Waals surface area contributed by atoms with E-state index in [1.807, 2.05) is 6.07 Å². The first-order chi connectivity index (χ1) is 12.4. The van der Waals surface area contributed by atoms with E-state index in [1.54, 1.807) is 12.1 Å². The van der Waals surface area contributed by atoms with Crippen LogP contribution in [0.1, 0.15) is 18.1 Å². The molecule has 1 aromatic rings. The van der Waals surface area contributed by atoms with Gasteiger partial charge in [-0.05, 0) is 12.1 Å². The number of aliphatic carboxylic acids is 1. The van der Waals surface area contributed by atoms with E-state index in [0.29, 0.717) is 0 Å². The number of methoxy groups -OCH3 is 1. The SMILES string of the molecule is COC(=O)C1=C(N)N2C(=O)C(CC(=O)O)SC2=C(C#N)C1c1ccco1. The summed E-state index contributed by atoms with van der Waals surface area (Å²) in [6.07, 6.45) is 0.946. The average Bonchev–Trinajstić information content (AvgIpc) is 3.23. The summed E-state index contributed by atoms with van der Waals surface area (Å²) in [7, 11) is 1.15. The maximum Gasteiger partial charge on any atom is 0.338 e. The number of hydrogen-bond acceptors (Lipinski definition) is 8. The Morgan fingerprint density at radius 2 is 2.27 bits per heavy atom. The molecule has 2 aliphatic heterocycles. The number of allylic oxidation sites excluding steroid dienone is 1. The molecule has 2 aliphatic rings. The third-order valence-electron chi connectivity index (χ3n) is 3.99. The van der Waals surface area contributed by atoms with Gasteiger partial charge >= 0.3 is 11.9 Å². The van der Waals surface area contributed by atoms with Crippen LogP contribution < -0.4 is 5.73 Å². The van der Waals surface area contributed by atoms with Crippen LogP contribution in [0.2, 0.25) is 0 Å². The second-order valence-corrected chi connectivity index (χ2v) is 6.64. The molecule has 0 radical (unpaired) electrons. The monoisotopic (exact) mass is 375 g/mol. The highest BCUT2D eigenvalue weighted by Crippen LogP contribution is 2.49. The van der Waals surface area contributed by atoms with E-state index in [-0.39, 0.29) is 27.8 Å². The van der Waals surface area contributed by atoms with E-state index in [1.165, 1.54) is 6.26 Å². The van der Waals surface area contributed by atoms with Gasteiger partial charge in [-0.1, -0.05) is 11.8 Å². The molecule has 0 bridgehead atoms. The Kier molecular flexibility index (Phi) is 4.48. The fourth-order valence-electron chi connectivity index (χ4n) is 2.90. The number of furan rings is 1. The van der Waals surface area contributed by atoms with Gasteiger partial charge in [0.05, 0.1) is 48.0 Å². The zero-order chi connectivity index (χ0) is 19.0. The topological polar surface area (TPSA) is 147 Å². The highest BCUT2D eigenvalue weighted by atomic mass is 32.2. The summed E-state index contributed by atoms with van der Waals surface area (Å²) in [6, 6.07) is 5.16. The number of amides is 1. The van der Waals surface area contributed by atoms with Crippen molar-refractivity contribution in [3.63, 3.8) is 0 Å². The highest BCUT2D eigenvalue weighted by Gasteiger charge is 2.49. The summed E-state index contributed by atoms with van der Waals surface area (Å²) in [5.74, 6) is -3.43. The summed E-state index contributed by atoms with van der Waals surface area (Å²) in [6.45, 7) is 0.